The van der Waals surface area contributed by atoms with Crippen LogP contribution in [0.4, 0.5) is 17.1 Å². The van der Waals surface area contributed by atoms with Crippen molar-refractivity contribution in [2.45, 2.75) is 24.8 Å². The number of Topliss-reactive ketones (excluding diaryl/α,β-unsaturated/α-hetero) is 1. The quantitative estimate of drug-likeness (QED) is 0.263. The van der Waals surface area contributed by atoms with Crippen LogP contribution in [0.5, 0.6) is 28.7 Å². The van der Waals surface area contributed by atoms with Crippen molar-refractivity contribution in [2.24, 2.45) is 0 Å². The average molecular weight is 548 g/mol. The maximum absolute atomic E-state index is 13.9. The molecular weight excluding hydrogens is 518 g/mol. The van der Waals surface area contributed by atoms with Gasteiger partial charge < -0.3 is 34.7 Å². The second-order valence-electron chi connectivity index (χ2n) is 9.48. The molecule has 2 atom stereocenters. The largest absolute Gasteiger partial charge is 0.500 e. The van der Waals surface area contributed by atoms with E-state index in [1.54, 1.807) is 14.2 Å². The number of rotatable bonds is 7. The number of nitrogens with zero attached hydrogens (tertiary/aromatic N) is 1. The molecule has 0 amide bonds. The van der Waals surface area contributed by atoms with Gasteiger partial charge in [0, 0.05) is 23.8 Å². The lowest BCUT2D eigenvalue weighted by Gasteiger charge is -2.30. The number of phenolic OH excluding ortho intramolecular Hbond substituents is 1. The number of methoxy groups -OCH3 is 4. The fourth-order valence-corrected chi connectivity index (χ4v) is 5.39. The molecule has 1 heterocycles. The van der Waals surface area contributed by atoms with Crippen molar-refractivity contribution in [1.82, 2.24) is 0 Å². The molecule has 0 radical (unpaired) electrons. The highest BCUT2D eigenvalue weighted by atomic mass is 16.6. The van der Waals surface area contributed by atoms with E-state index in [1.807, 2.05) is 36.4 Å². The Kier molecular flexibility index (Phi) is 7.12. The molecule has 0 saturated heterocycles. The van der Waals surface area contributed by atoms with Crippen LogP contribution in [0.15, 0.2) is 59.8 Å². The second kappa shape index (κ2) is 10.7. The van der Waals surface area contributed by atoms with Crippen molar-refractivity contribution in [3.05, 3.63) is 81.0 Å². The Balaban J connectivity index is 1.65. The van der Waals surface area contributed by atoms with Crippen LogP contribution in [0.3, 0.4) is 0 Å². The highest BCUT2D eigenvalue weighted by molar-refractivity contribution is 6.01. The number of anilines is 2. The Morgan fingerprint density at radius 3 is 2.10 bits per heavy atom. The molecule has 40 heavy (non-hydrogen) atoms. The van der Waals surface area contributed by atoms with E-state index in [1.165, 1.54) is 26.4 Å². The first-order chi connectivity index (χ1) is 19.3. The van der Waals surface area contributed by atoms with Gasteiger partial charge in [-0.3, -0.25) is 14.9 Å². The summed E-state index contributed by atoms with van der Waals surface area (Å²) < 4.78 is 21.8. The molecule has 3 aromatic rings. The van der Waals surface area contributed by atoms with Crippen LogP contribution in [0, 0.1) is 10.1 Å². The Labute approximate surface area is 230 Å². The number of nitro groups is 1. The molecule has 11 nitrogen and oxygen atoms in total. The summed E-state index contributed by atoms with van der Waals surface area (Å²) in [7, 11) is 5.93. The van der Waals surface area contributed by atoms with Crippen LogP contribution in [0.25, 0.3) is 0 Å². The van der Waals surface area contributed by atoms with E-state index in [4.69, 9.17) is 18.9 Å². The Morgan fingerprint density at radius 2 is 1.50 bits per heavy atom. The zero-order chi connectivity index (χ0) is 28.6. The molecule has 2 aliphatic rings. The first-order valence-corrected chi connectivity index (χ1v) is 12.5. The SMILES string of the molecule is COc1cc(C2Nc3ccccc3NC3=C2C(=O)CC(c2cc(OC)c(OC)c(OC)c2)C3)cc([N+](=O)[O-])c1O. The van der Waals surface area contributed by atoms with Crippen LogP contribution < -0.4 is 29.6 Å². The summed E-state index contributed by atoms with van der Waals surface area (Å²) in [5.41, 5.74) is 3.37. The second-order valence-corrected chi connectivity index (χ2v) is 9.48. The summed E-state index contributed by atoms with van der Waals surface area (Å²) in [5, 5.41) is 28.9. The molecule has 0 aromatic heterocycles. The van der Waals surface area contributed by atoms with Crippen molar-refractivity contribution in [3.63, 3.8) is 0 Å². The fraction of sp³-hybridized carbons (Fsp3) is 0.276. The van der Waals surface area contributed by atoms with E-state index < -0.39 is 22.4 Å². The van der Waals surface area contributed by atoms with Gasteiger partial charge in [0.05, 0.1) is 50.8 Å². The molecule has 2 unspecified atom stereocenters. The van der Waals surface area contributed by atoms with Crippen molar-refractivity contribution in [1.29, 1.82) is 0 Å². The highest BCUT2D eigenvalue weighted by Crippen LogP contribution is 2.48. The number of phenols is 1. The van der Waals surface area contributed by atoms with Gasteiger partial charge in [-0.2, -0.15) is 0 Å². The minimum absolute atomic E-state index is 0.0581. The number of carbonyl (C=O) groups excluding carboxylic acids is 1. The number of allylic oxidation sites excluding steroid dienone is 1. The molecule has 5 rings (SSSR count). The number of hydrogen-bond donors (Lipinski definition) is 3. The third kappa shape index (κ3) is 4.59. The first kappa shape index (κ1) is 26.7. The van der Waals surface area contributed by atoms with E-state index in [0.717, 1.165) is 11.3 Å². The summed E-state index contributed by atoms with van der Waals surface area (Å²) >= 11 is 0. The molecule has 3 aromatic carbocycles. The maximum Gasteiger partial charge on any atom is 0.315 e. The number of carbonyl (C=O) groups is 1. The van der Waals surface area contributed by atoms with Crippen LogP contribution in [0.1, 0.15) is 35.9 Å². The topological polar surface area (TPSA) is 141 Å². The Hall–Kier alpha value is -4.93. The van der Waals surface area contributed by atoms with Gasteiger partial charge in [-0.05, 0) is 53.8 Å². The van der Waals surface area contributed by atoms with Crippen LogP contribution in [-0.4, -0.2) is 44.3 Å². The molecule has 0 saturated carbocycles. The van der Waals surface area contributed by atoms with E-state index in [9.17, 15) is 20.0 Å². The molecular formula is C29H29N3O8. The van der Waals surface area contributed by atoms with Gasteiger partial charge in [0.25, 0.3) is 0 Å². The highest BCUT2D eigenvalue weighted by Gasteiger charge is 2.38. The number of nitro benzene ring substituents is 1. The van der Waals surface area contributed by atoms with Crippen LogP contribution >= 0.6 is 0 Å². The number of benzene rings is 3. The van der Waals surface area contributed by atoms with Gasteiger partial charge in [0.15, 0.2) is 23.0 Å². The third-order valence-electron chi connectivity index (χ3n) is 7.29. The molecule has 3 N–H and O–H groups in total. The van der Waals surface area contributed by atoms with Gasteiger partial charge in [0.1, 0.15) is 0 Å². The van der Waals surface area contributed by atoms with Crippen molar-refractivity contribution >= 4 is 22.8 Å². The van der Waals surface area contributed by atoms with Gasteiger partial charge in [-0.25, -0.2) is 0 Å². The Morgan fingerprint density at radius 1 is 0.875 bits per heavy atom. The molecule has 0 fully saturated rings. The van der Waals surface area contributed by atoms with Gasteiger partial charge in [-0.1, -0.05) is 12.1 Å². The normalized spacial score (nSPS) is 17.9. The molecule has 0 bridgehead atoms. The lowest BCUT2D eigenvalue weighted by atomic mass is 9.78. The summed E-state index contributed by atoms with van der Waals surface area (Å²) in [6.45, 7) is 0. The smallest absolute Gasteiger partial charge is 0.315 e. The predicted molar refractivity (Wildman–Crippen MR) is 148 cm³/mol. The summed E-state index contributed by atoms with van der Waals surface area (Å²) in [6.07, 6.45) is 0.661. The van der Waals surface area contributed by atoms with E-state index in [-0.39, 0.29) is 23.9 Å². The average Bonchev–Trinajstić information content (AvgIpc) is 3.13. The molecule has 11 heteroatoms. The number of ketones is 1. The number of fused-ring (bicyclic) bond motifs is 1. The first-order valence-electron chi connectivity index (χ1n) is 12.5. The van der Waals surface area contributed by atoms with Gasteiger partial charge in [0.2, 0.25) is 11.5 Å². The monoisotopic (exact) mass is 547 g/mol. The standard InChI is InChI=1S/C29H29N3O8/c1-37-23-14-17(10-21(28(23)34)32(35)36)27-26-20(30-18-7-5-6-8-19(18)31-27)9-15(11-22(26)33)16-12-24(38-2)29(40-4)25(13-16)39-3/h5-8,10,12-15,27,30-31,34H,9,11H2,1-4H3. The molecule has 208 valence electrons. The lowest BCUT2D eigenvalue weighted by molar-refractivity contribution is -0.386. The number of para-hydroxylation sites is 2. The summed E-state index contributed by atoms with van der Waals surface area (Å²) in [4.78, 5) is 25.0. The lowest BCUT2D eigenvalue weighted by Crippen LogP contribution is -2.27. The minimum atomic E-state index is -0.743. The van der Waals surface area contributed by atoms with E-state index in [0.29, 0.717) is 46.2 Å². The number of aromatic hydroxyl groups is 1. The number of ether oxygens (including phenoxy) is 4. The van der Waals surface area contributed by atoms with Gasteiger partial charge >= 0.3 is 5.69 Å². The maximum atomic E-state index is 13.9. The van der Waals surface area contributed by atoms with Crippen molar-refractivity contribution in [2.75, 3.05) is 39.1 Å². The number of nitrogens with one attached hydrogen (secondary N) is 2. The molecule has 1 aliphatic heterocycles. The predicted octanol–water partition coefficient (Wildman–Crippen LogP) is 5.31. The zero-order valence-electron chi connectivity index (χ0n) is 22.4. The van der Waals surface area contributed by atoms with Crippen molar-refractivity contribution in [3.8, 4) is 28.7 Å². The summed E-state index contributed by atoms with van der Waals surface area (Å²) in [6, 6.07) is 13.2. The fourth-order valence-electron chi connectivity index (χ4n) is 5.39. The van der Waals surface area contributed by atoms with Crippen LogP contribution in [0.2, 0.25) is 0 Å². The molecule has 0 spiro atoms. The third-order valence-corrected chi connectivity index (χ3v) is 7.29. The molecule has 1 aliphatic carbocycles. The number of hydrogen-bond acceptors (Lipinski definition) is 10. The summed E-state index contributed by atoms with van der Waals surface area (Å²) in [5.74, 6) is 0.476. The van der Waals surface area contributed by atoms with E-state index in [2.05, 4.69) is 10.6 Å². The van der Waals surface area contributed by atoms with E-state index >= 15 is 0 Å². The minimum Gasteiger partial charge on any atom is -0.500 e. The zero-order valence-corrected chi connectivity index (χ0v) is 22.4. The Bertz CT molecular complexity index is 1510. The van der Waals surface area contributed by atoms with Gasteiger partial charge in [-0.15, -0.1) is 0 Å². The van der Waals surface area contributed by atoms with Crippen LogP contribution in [-0.2, 0) is 4.79 Å². The van der Waals surface area contributed by atoms with Crippen molar-refractivity contribution < 1.29 is 33.8 Å².